The van der Waals surface area contributed by atoms with Gasteiger partial charge in [-0.3, -0.25) is 9.88 Å². The number of hydrogen-bond acceptors (Lipinski definition) is 4. The highest BCUT2D eigenvalue weighted by molar-refractivity contribution is 5.89. The van der Waals surface area contributed by atoms with Crippen LogP contribution in [-0.2, 0) is 11.3 Å². The van der Waals surface area contributed by atoms with E-state index in [-0.39, 0.29) is 11.4 Å². The third-order valence-electron chi connectivity index (χ3n) is 2.83. The van der Waals surface area contributed by atoms with E-state index >= 15 is 0 Å². The molecule has 0 unspecified atom stereocenters. The fraction of sp³-hybridized carbons (Fsp3) is 0.474. The van der Waals surface area contributed by atoms with Crippen LogP contribution >= 0.6 is 0 Å². The largest absolute Gasteiger partial charge is 0.462 e. The first-order chi connectivity index (χ1) is 10.8. The van der Waals surface area contributed by atoms with Gasteiger partial charge in [-0.05, 0) is 53.0 Å². The quantitative estimate of drug-likeness (QED) is 0.597. The van der Waals surface area contributed by atoms with E-state index < -0.39 is 0 Å². The second kappa shape index (κ2) is 9.12. The average Bonchev–Trinajstić information content (AvgIpc) is 2.46. The van der Waals surface area contributed by atoms with Gasteiger partial charge in [0.25, 0.3) is 0 Å². The molecule has 0 saturated heterocycles. The second-order valence-corrected chi connectivity index (χ2v) is 6.37. The molecule has 1 aromatic rings. The van der Waals surface area contributed by atoms with Gasteiger partial charge in [0.2, 0.25) is 0 Å². The molecule has 0 N–H and O–H groups in total. The Kier molecular flexibility index (Phi) is 7.50. The van der Waals surface area contributed by atoms with Crippen molar-refractivity contribution in [3.63, 3.8) is 0 Å². The highest BCUT2D eigenvalue weighted by atomic mass is 16.5. The van der Waals surface area contributed by atoms with Gasteiger partial charge in [-0.15, -0.1) is 0 Å². The Balaban J connectivity index is 2.55. The maximum absolute atomic E-state index is 11.7. The Morgan fingerprint density at radius 1 is 1.43 bits per heavy atom. The first-order valence-corrected chi connectivity index (χ1v) is 7.80. The Hall–Kier alpha value is -2.12. The van der Waals surface area contributed by atoms with E-state index in [1.54, 1.807) is 25.3 Å². The number of carbonyl (C=O) groups excluding carboxylic acids is 1. The van der Waals surface area contributed by atoms with Gasteiger partial charge in [-0.1, -0.05) is 17.9 Å². The summed E-state index contributed by atoms with van der Waals surface area (Å²) in [6.07, 6.45) is 5.54. The fourth-order valence-corrected chi connectivity index (χ4v) is 1.80. The van der Waals surface area contributed by atoms with E-state index in [9.17, 15) is 4.79 Å². The maximum Gasteiger partial charge on any atom is 0.338 e. The summed E-state index contributed by atoms with van der Waals surface area (Å²) in [4.78, 5) is 18.1. The Bertz CT molecular complexity index is 604. The van der Waals surface area contributed by atoms with Gasteiger partial charge < -0.3 is 4.74 Å². The van der Waals surface area contributed by atoms with Crippen molar-refractivity contribution >= 4 is 5.97 Å². The standard InChI is InChI=1S/C19H26N2O2/c1-6-23-18(22)16-10-12-20-17(14-16)15-21(5)13-9-7-8-11-19(2,3)4/h7,9-10,12,14H,6,13,15H2,1-5H3/b9-7+. The van der Waals surface area contributed by atoms with Crippen LogP contribution in [0.5, 0.6) is 0 Å². The molecule has 4 heteroatoms. The monoisotopic (exact) mass is 314 g/mol. The van der Waals surface area contributed by atoms with Crippen molar-refractivity contribution in [3.05, 3.63) is 41.7 Å². The number of pyridine rings is 1. The normalized spacial score (nSPS) is 11.4. The molecule has 4 nitrogen and oxygen atoms in total. The smallest absolute Gasteiger partial charge is 0.338 e. The lowest BCUT2D eigenvalue weighted by atomic mass is 9.98. The Morgan fingerprint density at radius 3 is 2.83 bits per heavy atom. The van der Waals surface area contributed by atoms with Crippen LogP contribution in [0.1, 0.15) is 43.7 Å². The van der Waals surface area contributed by atoms with E-state index in [1.165, 1.54) is 0 Å². The molecule has 1 rings (SSSR count). The predicted molar refractivity (Wildman–Crippen MR) is 92.9 cm³/mol. The minimum Gasteiger partial charge on any atom is -0.462 e. The van der Waals surface area contributed by atoms with Crippen molar-refractivity contribution in [2.75, 3.05) is 20.2 Å². The molecule has 1 heterocycles. The second-order valence-electron chi connectivity index (χ2n) is 6.37. The summed E-state index contributed by atoms with van der Waals surface area (Å²) < 4.78 is 5.00. The lowest BCUT2D eigenvalue weighted by Crippen LogP contribution is -2.18. The summed E-state index contributed by atoms with van der Waals surface area (Å²) in [5, 5.41) is 0. The number of nitrogens with zero attached hydrogens (tertiary/aromatic N) is 2. The number of esters is 1. The van der Waals surface area contributed by atoms with Crippen LogP contribution < -0.4 is 0 Å². The molecule has 0 amide bonds. The number of likely N-dealkylation sites (N-methyl/N-ethyl adjacent to an activating group) is 1. The Labute approximate surface area is 139 Å². The number of ether oxygens (including phenoxy) is 1. The molecular weight excluding hydrogens is 288 g/mol. The third kappa shape index (κ3) is 8.18. The first kappa shape index (κ1) is 18.9. The van der Waals surface area contributed by atoms with Gasteiger partial charge in [0, 0.05) is 24.7 Å². The Morgan fingerprint density at radius 2 is 2.17 bits per heavy atom. The van der Waals surface area contributed by atoms with Gasteiger partial charge in [0.1, 0.15) is 0 Å². The van der Waals surface area contributed by atoms with E-state index in [0.29, 0.717) is 18.7 Å². The SMILES string of the molecule is CCOC(=O)c1ccnc(CN(C)C/C=C/C#CC(C)(C)C)c1. The summed E-state index contributed by atoms with van der Waals surface area (Å²) in [7, 11) is 2.00. The molecule has 0 aliphatic carbocycles. The average molecular weight is 314 g/mol. The zero-order chi connectivity index (χ0) is 17.3. The number of carbonyl (C=O) groups is 1. The molecule has 0 aliphatic heterocycles. The molecule has 0 aliphatic rings. The molecule has 0 saturated carbocycles. The molecule has 23 heavy (non-hydrogen) atoms. The highest BCUT2D eigenvalue weighted by Crippen LogP contribution is 2.09. The first-order valence-electron chi connectivity index (χ1n) is 7.80. The topological polar surface area (TPSA) is 42.4 Å². The van der Waals surface area contributed by atoms with Crippen molar-refractivity contribution < 1.29 is 9.53 Å². The highest BCUT2D eigenvalue weighted by Gasteiger charge is 2.08. The molecule has 0 bridgehead atoms. The number of rotatable bonds is 6. The number of allylic oxidation sites excluding steroid dienone is 1. The van der Waals surface area contributed by atoms with Crippen LogP contribution in [0.25, 0.3) is 0 Å². The lowest BCUT2D eigenvalue weighted by molar-refractivity contribution is 0.0526. The molecule has 0 spiro atoms. The number of aromatic nitrogens is 1. The van der Waals surface area contributed by atoms with Gasteiger partial charge in [-0.2, -0.15) is 0 Å². The van der Waals surface area contributed by atoms with Crippen molar-refractivity contribution in [2.24, 2.45) is 5.41 Å². The summed E-state index contributed by atoms with van der Waals surface area (Å²) in [5.74, 6) is 5.90. The molecule has 0 radical (unpaired) electrons. The van der Waals surface area contributed by atoms with Crippen LogP contribution in [0.15, 0.2) is 30.5 Å². The van der Waals surface area contributed by atoms with Crippen LogP contribution in [0.4, 0.5) is 0 Å². The predicted octanol–water partition coefficient (Wildman–Crippen LogP) is 3.30. The van der Waals surface area contributed by atoms with Crippen molar-refractivity contribution in [3.8, 4) is 11.8 Å². The third-order valence-corrected chi connectivity index (χ3v) is 2.83. The molecule has 0 fully saturated rings. The van der Waals surface area contributed by atoms with E-state index in [2.05, 4.69) is 42.5 Å². The summed E-state index contributed by atoms with van der Waals surface area (Å²) in [5.41, 5.74) is 1.40. The van der Waals surface area contributed by atoms with Gasteiger partial charge in [0.15, 0.2) is 0 Å². The van der Waals surface area contributed by atoms with Gasteiger partial charge in [0.05, 0.1) is 17.9 Å². The minimum absolute atomic E-state index is 0.0215. The van der Waals surface area contributed by atoms with Crippen LogP contribution in [0, 0.1) is 17.3 Å². The van der Waals surface area contributed by atoms with Gasteiger partial charge >= 0.3 is 5.97 Å². The molecule has 0 atom stereocenters. The van der Waals surface area contributed by atoms with Crippen molar-refractivity contribution in [2.45, 2.75) is 34.2 Å². The molecule has 124 valence electrons. The van der Waals surface area contributed by atoms with Crippen molar-refractivity contribution in [1.82, 2.24) is 9.88 Å². The lowest BCUT2D eigenvalue weighted by Gasteiger charge is -2.13. The minimum atomic E-state index is -0.309. The number of hydrogen-bond donors (Lipinski definition) is 0. The maximum atomic E-state index is 11.7. The molecule has 0 aromatic carbocycles. The summed E-state index contributed by atoms with van der Waals surface area (Å²) in [6, 6.07) is 3.45. The fourth-order valence-electron chi connectivity index (χ4n) is 1.80. The van der Waals surface area contributed by atoms with E-state index in [4.69, 9.17) is 4.74 Å². The summed E-state index contributed by atoms with van der Waals surface area (Å²) in [6.45, 7) is 9.85. The summed E-state index contributed by atoms with van der Waals surface area (Å²) >= 11 is 0. The van der Waals surface area contributed by atoms with Crippen LogP contribution in [0.2, 0.25) is 0 Å². The zero-order valence-corrected chi connectivity index (χ0v) is 14.7. The van der Waals surface area contributed by atoms with Crippen molar-refractivity contribution in [1.29, 1.82) is 0 Å². The van der Waals surface area contributed by atoms with E-state index in [0.717, 1.165) is 12.2 Å². The van der Waals surface area contributed by atoms with E-state index in [1.807, 2.05) is 19.2 Å². The van der Waals surface area contributed by atoms with Crippen LogP contribution in [-0.4, -0.2) is 36.1 Å². The molecular formula is C19H26N2O2. The molecule has 1 aromatic heterocycles. The van der Waals surface area contributed by atoms with Gasteiger partial charge in [-0.25, -0.2) is 4.79 Å². The van der Waals surface area contributed by atoms with Crippen LogP contribution in [0.3, 0.4) is 0 Å². The zero-order valence-electron chi connectivity index (χ0n) is 14.7.